The summed E-state index contributed by atoms with van der Waals surface area (Å²) in [6, 6.07) is 2.20. The molecule has 9 nitrogen and oxygen atoms in total. The first-order chi connectivity index (χ1) is 9.42. The Bertz CT molecular complexity index is 757. The third-order valence-corrected chi connectivity index (χ3v) is 5.10. The molecule has 1 aromatic carbocycles. The Morgan fingerprint density at radius 1 is 1.33 bits per heavy atom. The molecule has 3 N–H and O–H groups in total. The molecule has 0 fully saturated rings. The predicted octanol–water partition coefficient (Wildman–Crippen LogP) is -0.112. The van der Waals surface area contributed by atoms with Crippen molar-refractivity contribution in [2.24, 2.45) is 0 Å². The molecule has 118 valence electrons. The van der Waals surface area contributed by atoms with Gasteiger partial charge in [0.1, 0.15) is 9.84 Å². The molecule has 0 aliphatic carbocycles. The highest BCUT2D eigenvalue weighted by molar-refractivity contribution is 7.91. The van der Waals surface area contributed by atoms with Gasteiger partial charge < -0.3 is 5.73 Å². The van der Waals surface area contributed by atoms with Crippen molar-refractivity contribution in [3.63, 3.8) is 0 Å². The molecule has 11 heteroatoms. The van der Waals surface area contributed by atoms with Crippen LogP contribution >= 0.6 is 0 Å². The quantitative estimate of drug-likeness (QED) is 0.417. The van der Waals surface area contributed by atoms with E-state index in [1.807, 2.05) is 0 Å². The summed E-state index contributed by atoms with van der Waals surface area (Å²) in [6.07, 6.45) is 0.959. The van der Waals surface area contributed by atoms with Crippen molar-refractivity contribution < 1.29 is 21.8 Å². The van der Waals surface area contributed by atoms with Crippen LogP contribution in [0.3, 0.4) is 0 Å². The summed E-state index contributed by atoms with van der Waals surface area (Å²) in [5, 5.41) is 10.9. The smallest absolute Gasteiger partial charge is 0.289 e. The van der Waals surface area contributed by atoms with Crippen LogP contribution in [0.4, 0.5) is 11.4 Å². The molecule has 0 bridgehead atoms. The van der Waals surface area contributed by atoms with Crippen LogP contribution in [-0.2, 0) is 19.9 Å². The van der Waals surface area contributed by atoms with Crippen LogP contribution in [0.25, 0.3) is 0 Å². The fourth-order valence-electron chi connectivity index (χ4n) is 1.71. The third-order valence-electron chi connectivity index (χ3n) is 2.38. The molecule has 0 aliphatic heterocycles. The van der Waals surface area contributed by atoms with Gasteiger partial charge in [0.05, 0.1) is 10.7 Å². The number of benzene rings is 1. The van der Waals surface area contributed by atoms with E-state index in [0.29, 0.717) is 0 Å². The lowest BCUT2D eigenvalue weighted by atomic mass is 10.3. The van der Waals surface area contributed by atoms with Crippen LogP contribution < -0.4 is 10.5 Å². The third kappa shape index (κ3) is 4.95. The molecule has 0 radical (unpaired) electrons. The number of sulfone groups is 1. The molecule has 0 aliphatic rings. The van der Waals surface area contributed by atoms with Crippen LogP contribution in [-0.4, -0.2) is 39.8 Å². The van der Waals surface area contributed by atoms with Crippen molar-refractivity contribution >= 4 is 31.2 Å². The van der Waals surface area contributed by atoms with Crippen LogP contribution in [0.1, 0.15) is 6.92 Å². The van der Waals surface area contributed by atoms with E-state index < -0.39 is 47.2 Å². The molecular formula is C10H15N3O6S2. The summed E-state index contributed by atoms with van der Waals surface area (Å²) in [5.74, 6) is -0.428. The molecule has 1 rings (SSSR count). The number of nitrogens with one attached hydrogen (secondary N) is 1. The van der Waals surface area contributed by atoms with Gasteiger partial charge in [-0.1, -0.05) is 0 Å². The fourth-order valence-corrected chi connectivity index (χ4v) is 4.26. The number of nitro benzene ring substituents is 1. The van der Waals surface area contributed by atoms with Gasteiger partial charge in [-0.2, -0.15) is 0 Å². The van der Waals surface area contributed by atoms with E-state index in [1.54, 1.807) is 0 Å². The summed E-state index contributed by atoms with van der Waals surface area (Å²) in [6.45, 7) is 1.34. The highest BCUT2D eigenvalue weighted by Gasteiger charge is 2.28. The van der Waals surface area contributed by atoms with Gasteiger partial charge in [-0.3, -0.25) is 10.1 Å². The SMILES string of the molecule is CC(CS(C)(=O)=O)NS(=O)(=O)c1cc(N)ccc1[N+](=O)[O-]. The van der Waals surface area contributed by atoms with E-state index in [0.717, 1.165) is 18.4 Å². The van der Waals surface area contributed by atoms with E-state index >= 15 is 0 Å². The second-order valence-corrected chi connectivity index (χ2v) is 8.47. The maximum Gasteiger partial charge on any atom is 0.289 e. The largest absolute Gasteiger partial charge is 0.399 e. The molecule has 21 heavy (non-hydrogen) atoms. The van der Waals surface area contributed by atoms with Gasteiger partial charge in [-0.05, 0) is 19.1 Å². The number of hydrogen-bond acceptors (Lipinski definition) is 7. The number of nitrogens with zero attached hydrogens (tertiary/aromatic N) is 1. The Morgan fingerprint density at radius 3 is 2.38 bits per heavy atom. The van der Waals surface area contributed by atoms with Crippen molar-refractivity contribution in [3.8, 4) is 0 Å². The lowest BCUT2D eigenvalue weighted by Gasteiger charge is -2.13. The molecule has 1 unspecified atom stereocenters. The number of nitro groups is 1. The van der Waals surface area contributed by atoms with Crippen LogP contribution in [0.2, 0.25) is 0 Å². The zero-order chi connectivity index (χ0) is 16.4. The van der Waals surface area contributed by atoms with Gasteiger partial charge in [0.25, 0.3) is 5.69 Å². The second-order valence-electron chi connectivity index (χ2n) is 4.60. The summed E-state index contributed by atoms with van der Waals surface area (Å²) < 4.78 is 48.6. The minimum absolute atomic E-state index is 0.0386. The predicted molar refractivity (Wildman–Crippen MR) is 77.0 cm³/mol. The van der Waals surface area contributed by atoms with E-state index in [9.17, 15) is 26.9 Å². The summed E-state index contributed by atoms with van der Waals surface area (Å²) >= 11 is 0. The molecule has 0 heterocycles. The molecule has 0 amide bonds. The number of hydrogen-bond donors (Lipinski definition) is 2. The van der Waals surface area contributed by atoms with Crippen molar-refractivity contribution in [1.29, 1.82) is 0 Å². The summed E-state index contributed by atoms with van der Waals surface area (Å²) in [4.78, 5) is 9.42. The highest BCUT2D eigenvalue weighted by atomic mass is 32.2. The Morgan fingerprint density at radius 2 is 1.90 bits per heavy atom. The number of sulfonamides is 1. The van der Waals surface area contributed by atoms with Crippen molar-refractivity contribution in [2.45, 2.75) is 17.9 Å². The second kappa shape index (κ2) is 5.95. The maximum atomic E-state index is 12.1. The minimum Gasteiger partial charge on any atom is -0.399 e. The van der Waals surface area contributed by atoms with Gasteiger partial charge in [0.2, 0.25) is 10.0 Å². The van der Waals surface area contributed by atoms with E-state index in [1.165, 1.54) is 13.0 Å². The molecule has 0 saturated carbocycles. The molecule has 0 aromatic heterocycles. The average molecular weight is 337 g/mol. The summed E-state index contributed by atoms with van der Waals surface area (Å²) in [7, 11) is -7.66. The van der Waals surface area contributed by atoms with E-state index in [-0.39, 0.29) is 5.69 Å². The lowest BCUT2D eigenvalue weighted by Crippen LogP contribution is -2.37. The van der Waals surface area contributed by atoms with Crippen LogP contribution in [0, 0.1) is 10.1 Å². The normalized spacial score (nSPS) is 13.8. The van der Waals surface area contributed by atoms with Crippen molar-refractivity contribution in [2.75, 3.05) is 17.7 Å². The van der Waals surface area contributed by atoms with Crippen LogP contribution in [0.5, 0.6) is 0 Å². The first-order valence-corrected chi connectivity index (χ1v) is 9.21. The first kappa shape index (κ1) is 17.3. The maximum absolute atomic E-state index is 12.1. The number of anilines is 1. The summed E-state index contributed by atoms with van der Waals surface area (Å²) in [5.41, 5.74) is 4.85. The topological polar surface area (TPSA) is 149 Å². The van der Waals surface area contributed by atoms with Crippen molar-refractivity contribution in [1.82, 2.24) is 4.72 Å². The highest BCUT2D eigenvalue weighted by Crippen LogP contribution is 2.25. The van der Waals surface area contributed by atoms with Gasteiger partial charge in [0.15, 0.2) is 4.90 Å². The van der Waals surface area contributed by atoms with E-state index in [4.69, 9.17) is 5.73 Å². The molecular weight excluding hydrogens is 322 g/mol. The van der Waals surface area contributed by atoms with E-state index in [2.05, 4.69) is 4.72 Å². The Balaban J connectivity index is 3.20. The fraction of sp³-hybridized carbons (Fsp3) is 0.400. The Labute approximate surface area is 122 Å². The molecule has 0 saturated heterocycles. The average Bonchev–Trinajstić information content (AvgIpc) is 2.24. The monoisotopic (exact) mass is 337 g/mol. The Hall–Kier alpha value is -1.72. The number of nitrogen functional groups attached to an aromatic ring is 1. The van der Waals surface area contributed by atoms with Gasteiger partial charge >= 0.3 is 0 Å². The minimum atomic E-state index is -4.27. The van der Waals surface area contributed by atoms with Crippen molar-refractivity contribution in [3.05, 3.63) is 28.3 Å². The molecule has 1 aromatic rings. The standard InChI is InChI=1S/C10H15N3O6S2/c1-7(6-20(2,16)17)12-21(18,19)10-5-8(11)3-4-9(10)13(14)15/h3-5,7,12H,6,11H2,1-2H3. The Kier molecular flexibility index (Phi) is 4.91. The lowest BCUT2D eigenvalue weighted by molar-refractivity contribution is -0.387. The number of rotatable bonds is 6. The first-order valence-electron chi connectivity index (χ1n) is 5.66. The molecule has 1 atom stereocenters. The number of nitrogens with two attached hydrogens (primary N) is 1. The van der Waals surface area contributed by atoms with Gasteiger partial charge in [-0.25, -0.2) is 21.6 Å². The van der Waals surface area contributed by atoms with Gasteiger partial charge in [-0.15, -0.1) is 0 Å². The van der Waals surface area contributed by atoms with Crippen LogP contribution in [0.15, 0.2) is 23.1 Å². The molecule has 0 spiro atoms. The zero-order valence-corrected chi connectivity index (χ0v) is 12.9. The zero-order valence-electron chi connectivity index (χ0n) is 11.3. The van der Waals surface area contributed by atoms with Gasteiger partial charge in [0, 0.05) is 24.1 Å².